The minimum Gasteiger partial charge on any atom is -0.494 e. The maximum Gasteiger partial charge on any atom is 0.119 e. The Morgan fingerprint density at radius 3 is 2.50 bits per heavy atom. The smallest absolute Gasteiger partial charge is 0.119 e. The van der Waals surface area contributed by atoms with Crippen LogP contribution < -0.4 is 4.74 Å². The summed E-state index contributed by atoms with van der Waals surface area (Å²) in [6, 6.07) is 8.86. The zero-order chi connectivity index (χ0) is 19.8. The van der Waals surface area contributed by atoms with Crippen molar-refractivity contribution in [3.63, 3.8) is 0 Å². The van der Waals surface area contributed by atoms with Crippen molar-refractivity contribution < 1.29 is 9.47 Å². The molecule has 3 rings (SSSR count). The van der Waals surface area contributed by atoms with Crippen molar-refractivity contribution in [3.05, 3.63) is 29.8 Å². The third-order valence-electron chi connectivity index (χ3n) is 6.24. The average Bonchev–Trinajstić information content (AvgIpc) is 2.90. The van der Waals surface area contributed by atoms with Crippen molar-refractivity contribution >= 4 is 0 Å². The zero-order valence-electron chi connectivity index (χ0n) is 18.2. The summed E-state index contributed by atoms with van der Waals surface area (Å²) < 4.78 is 11.7. The van der Waals surface area contributed by atoms with E-state index in [-0.39, 0.29) is 5.41 Å². The zero-order valence-corrected chi connectivity index (χ0v) is 18.2. The topological polar surface area (TPSA) is 28.2 Å². The van der Waals surface area contributed by atoms with Crippen molar-refractivity contribution in [3.8, 4) is 5.75 Å². The van der Waals surface area contributed by atoms with Gasteiger partial charge in [-0.2, -0.15) is 0 Å². The summed E-state index contributed by atoms with van der Waals surface area (Å²) in [5.41, 5.74) is 1.63. The largest absolute Gasteiger partial charge is 0.494 e. The van der Waals surface area contributed by atoms with Crippen molar-refractivity contribution in [1.82, 2.24) is 14.7 Å². The molecule has 0 amide bonds. The highest BCUT2D eigenvalue weighted by Crippen LogP contribution is 2.36. The monoisotopic (exact) mass is 389 g/mol. The predicted octanol–water partition coefficient (Wildman–Crippen LogP) is 2.70. The molecular weight excluding hydrogens is 350 g/mol. The fourth-order valence-corrected chi connectivity index (χ4v) is 4.61. The van der Waals surface area contributed by atoms with Crippen molar-refractivity contribution in [2.24, 2.45) is 0 Å². The molecule has 0 saturated carbocycles. The molecule has 158 valence electrons. The van der Waals surface area contributed by atoms with Gasteiger partial charge in [-0.15, -0.1) is 0 Å². The van der Waals surface area contributed by atoms with Gasteiger partial charge in [-0.3, -0.25) is 0 Å². The van der Waals surface area contributed by atoms with E-state index in [1.165, 1.54) is 38.2 Å². The third-order valence-corrected chi connectivity index (χ3v) is 6.24. The van der Waals surface area contributed by atoms with Gasteiger partial charge in [0.25, 0.3) is 0 Å². The van der Waals surface area contributed by atoms with Crippen LogP contribution in [0.15, 0.2) is 24.3 Å². The highest BCUT2D eigenvalue weighted by molar-refractivity contribution is 5.33. The van der Waals surface area contributed by atoms with Gasteiger partial charge in [0.1, 0.15) is 5.75 Å². The van der Waals surface area contributed by atoms with Crippen LogP contribution >= 0.6 is 0 Å². The molecule has 0 aliphatic carbocycles. The lowest BCUT2D eigenvalue weighted by molar-refractivity contribution is 0.0401. The van der Waals surface area contributed by atoms with Crippen LogP contribution in [0.5, 0.6) is 5.75 Å². The van der Waals surface area contributed by atoms with E-state index in [0.717, 1.165) is 57.9 Å². The molecule has 0 aromatic heterocycles. The fourth-order valence-electron chi connectivity index (χ4n) is 4.61. The lowest BCUT2D eigenvalue weighted by atomic mass is 9.74. The Bertz CT molecular complexity index is 570. The van der Waals surface area contributed by atoms with E-state index in [4.69, 9.17) is 9.47 Å². The quantitative estimate of drug-likeness (QED) is 0.638. The van der Waals surface area contributed by atoms with E-state index in [2.05, 4.69) is 60.1 Å². The van der Waals surface area contributed by atoms with E-state index >= 15 is 0 Å². The van der Waals surface area contributed by atoms with Crippen LogP contribution in [-0.4, -0.2) is 94.9 Å². The number of likely N-dealkylation sites (N-methyl/N-ethyl adjacent to an activating group) is 2. The second-order valence-electron chi connectivity index (χ2n) is 8.86. The molecule has 0 radical (unpaired) electrons. The second kappa shape index (κ2) is 10.6. The maximum atomic E-state index is 6.03. The summed E-state index contributed by atoms with van der Waals surface area (Å²) in [4.78, 5) is 7.31. The lowest BCUT2D eigenvalue weighted by Crippen LogP contribution is -2.42. The molecule has 28 heavy (non-hydrogen) atoms. The first-order valence-electron chi connectivity index (χ1n) is 10.9. The van der Waals surface area contributed by atoms with Gasteiger partial charge in [0, 0.05) is 44.8 Å². The number of benzene rings is 1. The van der Waals surface area contributed by atoms with Crippen LogP contribution in [0.1, 0.15) is 31.2 Å². The molecule has 2 aliphatic rings. The van der Waals surface area contributed by atoms with Crippen molar-refractivity contribution in [1.29, 1.82) is 0 Å². The molecule has 2 heterocycles. The highest BCUT2D eigenvalue weighted by Gasteiger charge is 2.34. The van der Waals surface area contributed by atoms with Crippen LogP contribution in [0.4, 0.5) is 0 Å². The van der Waals surface area contributed by atoms with E-state index < -0.39 is 0 Å². The SMILES string of the molecule is CN(C)CC1(c2ccc(OCCCN3CCCN(C)CC3)cc2)CCOCC1. The number of ether oxygens (including phenoxy) is 2. The van der Waals surface area contributed by atoms with Crippen molar-refractivity contribution in [2.45, 2.75) is 31.1 Å². The Hall–Kier alpha value is -1.14. The average molecular weight is 390 g/mol. The Kier molecular flexibility index (Phi) is 8.15. The van der Waals surface area contributed by atoms with Crippen LogP contribution in [0.25, 0.3) is 0 Å². The number of hydrogen-bond acceptors (Lipinski definition) is 5. The minimum absolute atomic E-state index is 0.209. The summed E-state index contributed by atoms with van der Waals surface area (Å²) >= 11 is 0. The minimum atomic E-state index is 0.209. The molecule has 1 aromatic rings. The van der Waals surface area contributed by atoms with E-state index in [0.29, 0.717) is 0 Å². The number of hydrogen-bond donors (Lipinski definition) is 0. The van der Waals surface area contributed by atoms with Gasteiger partial charge in [0.05, 0.1) is 6.61 Å². The first-order valence-corrected chi connectivity index (χ1v) is 10.9. The van der Waals surface area contributed by atoms with Crippen LogP contribution in [-0.2, 0) is 10.2 Å². The first kappa shape index (κ1) is 21.6. The van der Waals surface area contributed by atoms with E-state index in [1.54, 1.807) is 0 Å². The van der Waals surface area contributed by atoms with Gasteiger partial charge >= 0.3 is 0 Å². The lowest BCUT2D eigenvalue weighted by Gasteiger charge is -2.39. The Balaban J connectivity index is 1.47. The van der Waals surface area contributed by atoms with Crippen LogP contribution in [0.3, 0.4) is 0 Å². The predicted molar refractivity (Wildman–Crippen MR) is 115 cm³/mol. The van der Waals surface area contributed by atoms with Gasteiger partial charge in [-0.25, -0.2) is 0 Å². The molecular formula is C23H39N3O2. The van der Waals surface area contributed by atoms with Crippen molar-refractivity contribution in [2.75, 3.05) is 80.2 Å². The van der Waals surface area contributed by atoms with Crippen LogP contribution in [0.2, 0.25) is 0 Å². The number of rotatable bonds is 8. The van der Waals surface area contributed by atoms with E-state index in [1.807, 2.05) is 0 Å². The molecule has 2 saturated heterocycles. The fraction of sp³-hybridized carbons (Fsp3) is 0.739. The molecule has 5 heteroatoms. The van der Waals surface area contributed by atoms with Gasteiger partial charge in [0.2, 0.25) is 0 Å². The summed E-state index contributed by atoms with van der Waals surface area (Å²) in [6.45, 7) is 9.53. The summed E-state index contributed by atoms with van der Waals surface area (Å²) in [6.07, 6.45) is 4.55. The second-order valence-corrected chi connectivity index (χ2v) is 8.86. The molecule has 0 N–H and O–H groups in total. The molecule has 5 nitrogen and oxygen atoms in total. The standard InChI is InChI=1S/C23H39N3O2/c1-24(2)20-23(10-18-27-19-11-23)21-6-8-22(9-7-21)28-17-5-14-26-13-4-12-25(3)15-16-26/h6-9H,4-5,10-20H2,1-3H3. The van der Waals surface area contributed by atoms with Gasteiger partial charge in [-0.1, -0.05) is 12.1 Å². The first-order chi connectivity index (χ1) is 13.6. The molecule has 2 fully saturated rings. The molecule has 1 aromatic carbocycles. The molecule has 0 atom stereocenters. The Labute approximate surface area is 171 Å². The Morgan fingerprint density at radius 2 is 1.79 bits per heavy atom. The number of nitrogens with zero attached hydrogens (tertiary/aromatic N) is 3. The summed E-state index contributed by atoms with van der Waals surface area (Å²) in [5.74, 6) is 0.992. The maximum absolute atomic E-state index is 6.03. The molecule has 0 spiro atoms. The normalized spacial score (nSPS) is 21.6. The third kappa shape index (κ3) is 6.18. The van der Waals surface area contributed by atoms with Crippen LogP contribution in [0, 0.1) is 0 Å². The van der Waals surface area contributed by atoms with Gasteiger partial charge in [0.15, 0.2) is 0 Å². The Morgan fingerprint density at radius 1 is 1.04 bits per heavy atom. The molecule has 2 aliphatic heterocycles. The van der Waals surface area contributed by atoms with E-state index in [9.17, 15) is 0 Å². The summed E-state index contributed by atoms with van der Waals surface area (Å²) in [7, 11) is 6.55. The summed E-state index contributed by atoms with van der Waals surface area (Å²) in [5, 5.41) is 0. The van der Waals surface area contributed by atoms with Gasteiger partial charge in [-0.05, 0) is 77.6 Å². The molecule has 0 bridgehead atoms. The highest BCUT2D eigenvalue weighted by atomic mass is 16.5. The molecule has 0 unspecified atom stereocenters. The van der Waals surface area contributed by atoms with Gasteiger partial charge < -0.3 is 24.2 Å².